The monoisotopic (exact) mass is 271 g/mol. The second kappa shape index (κ2) is 5.57. The van der Waals surface area contributed by atoms with Crippen LogP contribution in [0.15, 0.2) is 23.1 Å². The summed E-state index contributed by atoms with van der Waals surface area (Å²) in [7, 11) is -2.58. The van der Waals surface area contributed by atoms with Crippen molar-refractivity contribution in [2.45, 2.75) is 4.90 Å². The van der Waals surface area contributed by atoms with Crippen LogP contribution in [0.4, 0.5) is 4.39 Å². The maximum atomic E-state index is 13.0. The largest absolute Gasteiger partial charge is 0.358 e. The fourth-order valence-electron chi connectivity index (χ4n) is 1.09. The molecule has 0 radical (unpaired) electrons. The molecule has 0 saturated carbocycles. The highest BCUT2D eigenvalue weighted by molar-refractivity contribution is 7.89. The van der Waals surface area contributed by atoms with Gasteiger partial charge in [-0.25, -0.2) is 17.5 Å². The Morgan fingerprint density at radius 1 is 1.50 bits per heavy atom. The average molecular weight is 271 g/mol. The molecule has 0 fully saturated rings. The molecule has 0 aromatic heterocycles. The normalized spacial score (nSPS) is 10.7. The number of carbonyl (C=O) groups excluding carboxylic acids is 1. The molecular formula is C10H10FN3O3S. The predicted octanol–water partition coefficient (Wildman–Crippen LogP) is -0.278. The first-order chi connectivity index (χ1) is 8.40. The molecular weight excluding hydrogens is 261 g/mol. The first-order valence-electron chi connectivity index (χ1n) is 4.80. The minimum Gasteiger partial charge on any atom is -0.358 e. The van der Waals surface area contributed by atoms with Gasteiger partial charge in [0.2, 0.25) is 15.9 Å². The number of nitriles is 1. The second-order valence-corrected chi connectivity index (χ2v) is 5.02. The lowest BCUT2D eigenvalue weighted by molar-refractivity contribution is -0.119. The van der Waals surface area contributed by atoms with Crippen molar-refractivity contribution in [2.24, 2.45) is 0 Å². The zero-order valence-electron chi connectivity index (χ0n) is 9.40. The van der Waals surface area contributed by atoms with E-state index >= 15 is 0 Å². The highest BCUT2D eigenvalue weighted by Gasteiger charge is 2.17. The average Bonchev–Trinajstić information content (AvgIpc) is 2.36. The summed E-state index contributed by atoms with van der Waals surface area (Å²) in [5, 5.41) is 10.8. The van der Waals surface area contributed by atoms with Gasteiger partial charge in [-0.2, -0.15) is 5.26 Å². The van der Waals surface area contributed by atoms with E-state index in [1.165, 1.54) is 13.1 Å². The lowest BCUT2D eigenvalue weighted by Gasteiger charge is -2.06. The van der Waals surface area contributed by atoms with Crippen LogP contribution in [0.5, 0.6) is 0 Å². The van der Waals surface area contributed by atoms with Gasteiger partial charge in [0.15, 0.2) is 0 Å². The summed E-state index contributed by atoms with van der Waals surface area (Å²) in [5.41, 5.74) is -0.377. The molecule has 8 heteroatoms. The van der Waals surface area contributed by atoms with Gasteiger partial charge >= 0.3 is 0 Å². The number of nitrogens with zero attached hydrogens (tertiary/aromatic N) is 1. The molecule has 0 aliphatic heterocycles. The van der Waals surface area contributed by atoms with E-state index in [4.69, 9.17) is 5.26 Å². The Balaban J connectivity index is 2.99. The number of benzene rings is 1. The zero-order chi connectivity index (χ0) is 13.8. The van der Waals surface area contributed by atoms with Gasteiger partial charge in [0.25, 0.3) is 0 Å². The number of carbonyl (C=O) groups is 1. The van der Waals surface area contributed by atoms with Crippen molar-refractivity contribution in [1.82, 2.24) is 10.0 Å². The van der Waals surface area contributed by atoms with E-state index in [1.54, 1.807) is 0 Å². The summed E-state index contributed by atoms with van der Waals surface area (Å²) in [4.78, 5) is 10.6. The Morgan fingerprint density at radius 3 is 2.72 bits per heavy atom. The van der Waals surface area contributed by atoms with Crippen molar-refractivity contribution in [3.05, 3.63) is 29.6 Å². The molecule has 2 N–H and O–H groups in total. The Labute approximate surface area is 103 Å². The zero-order valence-corrected chi connectivity index (χ0v) is 10.2. The number of sulfonamides is 1. The van der Waals surface area contributed by atoms with Gasteiger partial charge in [0, 0.05) is 7.05 Å². The minimum absolute atomic E-state index is 0.274. The lowest BCUT2D eigenvalue weighted by atomic mass is 10.2. The number of nitrogens with one attached hydrogen (secondary N) is 2. The maximum absolute atomic E-state index is 13.0. The molecule has 1 rings (SSSR count). The molecule has 0 unspecified atom stereocenters. The van der Waals surface area contributed by atoms with Crippen LogP contribution in [0.3, 0.4) is 0 Å². The Morgan fingerprint density at radius 2 is 2.17 bits per heavy atom. The summed E-state index contributed by atoms with van der Waals surface area (Å²) in [6.07, 6.45) is 0. The third-order valence-electron chi connectivity index (χ3n) is 2.07. The smallest absolute Gasteiger partial charge is 0.241 e. The number of hydrogen-bond donors (Lipinski definition) is 2. The molecule has 0 bridgehead atoms. The van der Waals surface area contributed by atoms with E-state index in [0.29, 0.717) is 0 Å². The van der Waals surface area contributed by atoms with Crippen molar-refractivity contribution < 1.29 is 17.6 Å². The number of likely N-dealkylation sites (N-methyl/N-ethyl adjacent to an activating group) is 1. The van der Waals surface area contributed by atoms with Crippen molar-refractivity contribution in [1.29, 1.82) is 5.26 Å². The summed E-state index contributed by atoms with van der Waals surface area (Å²) >= 11 is 0. The summed E-state index contributed by atoms with van der Waals surface area (Å²) in [6.45, 7) is -0.432. The quantitative estimate of drug-likeness (QED) is 0.786. The second-order valence-electron chi connectivity index (χ2n) is 3.25. The van der Waals surface area contributed by atoms with Crippen molar-refractivity contribution in [2.75, 3.05) is 13.6 Å². The van der Waals surface area contributed by atoms with Gasteiger partial charge in [-0.1, -0.05) is 0 Å². The standard InChI is InChI=1S/C10H10FN3O3S/c1-13-10(15)6-14-18(16,17)8-2-3-9(11)7(4-8)5-12/h2-4,14H,6H2,1H3,(H,13,15). The van der Waals surface area contributed by atoms with Crippen LogP contribution in [0.1, 0.15) is 5.56 Å². The first kappa shape index (κ1) is 14.1. The Kier molecular flexibility index (Phi) is 4.36. The van der Waals surface area contributed by atoms with Crippen molar-refractivity contribution in [3.63, 3.8) is 0 Å². The SMILES string of the molecule is CNC(=O)CNS(=O)(=O)c1ccc(F)c(C#N)c1. The maximum Gasteiger partial charge on any atom is 0.241 e. The molecule has 0 aliphatic rings. The van der Waals surface area contributed by atoms with Crippen molar-refractivity contribution >= 4 is 15.9 Å². The Bertz CT molecular complexity index is 607. The van der Waals surface area contributed by atoms with Crippen LogP contribution < -0.4 is 10.0 Å². The first-order valence-corrected chi connectivity index (χ1v) is 6.29. The molecule has 1 aromatic rings. The van der Waals surface area contributed by atoms with Crippen LogP contribution >= 0.6 is 0 Å². The molecule has 0 heterocycles. The van der Waals surface area contributed by atoms with E-state index in [1.807, 2.05) is 4.72 Å². The van der Waals surface area contributed by atoms with E-state index in [9.17, 15) is 17.6 Å². The molecule has 18 heavy (non-hydrogen) atoms. The minimum atomic E-state index is -3.94. The van der Waals surface area contributed by atoms with Gasteiger partial charge in [0.1, 0.15) is 11.9 Å². The molecule has 6 nitrogen and oxygen atoms in total. The van der Waals surface area contributed by atoms with Crippen LogP contribution in [-0.2, 0) is 14.8 Å². The number of hydrogen-bond acceptors (Lipinski definition) is 4. The molecule has 0 spiro atoms. The lowest BCUT2D eigenvalue weighted by Crippen LogP contribution is -2.35. The summed E-state index contributed by atoms with van der Waals surface area (Å²) in [5.74, 6) is -1.32. The fourth-order valence-corrected chi connectivity index (χ4v) is 2.10. The molecule has 96 valence electrons. The topological polar surface area (TPSA) is 99.1 Å². The molecule has 1 aromatic carbocycles. The van der Waals surface area contributed by atoms with Gasteiger partial charge in [-0.3, -0.25) is 4.79 Å². The van der Waals surface area contributed by atoms with Gasteiger partial charge in [0.05, 0.1) is 17.0 Å². The van der Waals surface area contributed by atoms with Crippen LogP contribution in [0.2, 0.25) is 0 Å². The van der Waals surface area contributed by atoms with Gasteiger partial charge in [-0.05, 0) is 18.2 Å². The molecule has 0 saturated heterocycles. The number of amides is 1. The van der Waals surface area contributed by atoms with Crippen molar-refractivity contribution in [3.8, 4) is 6.07 Å². The summed E-state index contributed by atoms with van der Waals surface area (Å²) in [6, 6.07) is 4.34. The molecule has 0 atom stereocenters. The van der Waals surface area contributed by atoms with Crippen LogP contribution in [-0.4, -0.2) is 27.9 Å². The fraction of sp³-hybridized carbons (Fsp3) is 0.200. The third kappa shape index (κ3) is 3.26. The Hall–Kier alpha value is -1.98. The van der Waals surface area contributed by atoms with Gasteiger partial charge in [-0.15, -0.1) is 0 Å². The van der Waals surface area contributed by atoms with E-state index in [0.717, 1.165) is 18.2 Å². The van der Waals surface area contributed by atoms with E-state index < -0.39 is 28.3 Å². The van der Waals surface area contributed by atoms with Gasteiger partial charge < -0.3 is 5.32 Å². The third-order valence-corrected chi connectivity index (χ3v) is 3.47. The van der Waals surface area contributed by atoms with Crippen LogP contribution in [0, 0.1) is 17.1 Å². The predicted molar refractivity (Wildman–Crippen MR) is 60.4 cm³/mol. The van der Waals surface area contributed by atoms with E-state index in [-0.39, 0.29) is 10.5 Å². The summed E-state index contributed by atoms with van der Waals surface area (Å²) < 4.78 is 38.5. The highest BCUT2D eigenvalue weighted by Crippen LogP contribution is 2.13. The van der Waals surface area contributed by atoms with E-state index in [2.05, 4.69) is 5.32 Å². The highest BCUT2D eigenvalue weighted by atomic mass is 32.2. The van der Waals surface area contributed by atoms with Crippen LogP contribution in [0.25, 0.3) is 0 Å². The molecule has 1 amide bonds. The number of halogens is 1. The number of rotatable bonds is 4. The molecule has 0 aliphatic carbocycles.